The predicted molar refractivity (Wildman–Crippen MR) is 164 cm³/mol. The standard InChI is InChI=1S/C31H65N2O6P/c1-7-8-9-10-11-12-13-14-15-16-17-18-19-20-21-22-23-24-25-30(28-37-31(34)32(2)3)29-39-40(35,36)38-27-26-33(4,5)6/h30H,7-29H2,1-6H3. The Morgan fingerprint density at radius 3 is 1.55 bits per heavy atom. The second-order valence-corrected chi connectivity index (χ2v) is 14.1. The summed E-state index contributed by atoms with van der Waals surface area (Å²) in [4.78, 5) is 25.4. The second kappa shape index (κ2) is 24.9. The van der Waals surface area contributed by atoms with Crippen molar-refractivity contribution in [2.45, 2.75) is 129 Å². The molecule has 40 heavy (non-hydrogen) atoms. The van der Waals surface area contributed by atoms with E-state index in [2.05, 4.69) is 6.92 Å². The SMILES string of the molecule is CCCCCCCCCCCCCCCCCCCCC(COC(=O)N(C)C)COP(=O)([O-])OCC[N+](C)(C)C. The van der Waals surface area contributed by atoms with Crippen molar-refractivity contribution in [2.75, 3.05) is 61.6 Å². The molecule has 2 unspecified atom stereocenters. The molecule has 0 aromatic heterocycles. The zero-order valence-electron chi connectivity index (χ0n) is 27.1. The molecule has 2 atom stereocenters. The van der Waals surface area contributed by atoms with Crippen LogP contribution in [0.3, 0.4) is 0 Å². The molecule has 0 aliphatic rings. The Morgan fingerprint density at radius 2 is 1.15 bits per heavy atom. The van der Waals surface area contributed by atoms with E-state index in [9.17, 15) is 14.3 Å². The van der Waals surface area contributed by atoms with Crippen LogP contribution in [0.25, 0.3) is 0 Å². The van der Waals surface area contributed by atoms with Gasteiger partial charge in [0.15, 0.2) is 0 Å². The number of quaternary nitrogens is 1. The van der Waals surface area contributed by atoms with Gasteiger partial charge in [0.25, 0.3) is 7.82 Å². The number of likely N-dealkylation sites (N-methyl/N-ethyl adjacent to an activating group) is 1. The number of hydrogen-bond acceptors (Lipinski definition) is 6. The van der Waals surface area contributed by atoms with Gasteiger partial charge in [-0.1, -0.05) is 122 Å². The van der Waals surface area contributed by atoms with Crippen molar-refractivity contribution in [1.82, 2.24) is 4.90 Å². The molecule has 0 spiro atoms. The fraction of sp³-hybridized carbons (Fsp3) is 0.968. The molecule has 0 rings (SSSR count). The first-order valence-electron chi connectivity index (χ1n) is 16.2. The Bertz CT molecular complexity index is 642. The van der Waals surface area contributed by atoms with Gasteiger partial charge in [-0.15, -0.1) is 0 Å². The van der Waals surface area contributed by atoms with Gasteiger partial charge < -0.3 is 28.1 Å². The van der Waals surface area contributed by atoms with Crippen LogP contribution in [0.1, 0.15) is 129 Å². The number of hydrogen-bond donors (Lipinski definition) is 0. The van der Waals surface area contributed by atoms with E-state index < -0.39 is 13.9 Å². The van der Waals surface area contributed by atoms with Crippen LogP contribution in [-0.2, 0) is 18.3 Å². The summed E-state index contributed by atoms with van der Waals surface area (Å²) in [6, 6.07) is 0. The van der Waals surface area contributed by atoms with Gasteiger partial charge in [0, 0.05) is 20.0 Å². The molecule has 1 amide bonds. The van der Waals surface area contributed by atoms with Crippen LogP contribution in [0.2, 0.25) is 0 Å². The van der Waals surface area contributed by atoms with Crippen molar-refractivity contribution in [3.05, 3.63) is 0 Å². The quantitative estimate of drug-likeness (QED) is 0.0521. The molecule has 9 heteroatoms. The summed E-state index contributed by atoms with van der Waals surface area (Å²) < 4.78 is 28.2. The number of phosphoric ester groups is 1. The van der Waals surface area contributed by atoms with Crippen molar-refractivity contribution in [2.24, 2.45) is 5.92 Å². The van der Waals surface area contributed by atoms with Crippen LogP contribution in [0.5, 0.6) is 0 Å². The molecule has 0 saturated heterocycles. The first kappa shape index (κ1) is 39.3. The number of unbranched alkanes of at least 4 members (excludes halogenated alkanes) is 17. The topological polar surface area (TPSA) is 88.1 Å². The summed E-state index contributed by atoms with van der Waals surface area (Å²) in [5, 5.41) is 0. The Labute approximate surface area is 247 Å². The molecule has 0 aliphatic heterocycles. The largest absolute Gasteiger partial charge is 0.756 e. The fourth-order valence-corrected chi connectivity index (χ4v) is 5.30. The normalized spacial score (nSPS) is 14.2. The van der Waals surface area contributed by atoms with Gasteiger partial charge in [-0.25, -0.2) is 4.79 Å². The van der Waals surface area contributed by atoms with Crippen molar-refractivity contribution in [1.29, 1.82) is 0 Å². The van der Waals surface area contributed by atoms with E-state index in [4.69, 9.17) is 13.8 Å². The van der Waals surface area contributed by atoms with Gasteiger partial charge in [-0.2, -0.15) is 0 Å². The third-order valence-corrected chi connectivity index (χ3v) is 8.22. The maximum atomic E-state index is 12.2. The maximum absolute atomic E-state index is 12.2. The highest BCUT2D eigenvalue weighted by Gasteiger charge is 2.19. The summed E-state index contributed by atoms with van der Waals surface area (Å²) >= 11 is 0. The number of phosphoric acid groups is 1. The van der Waals surface area contributed by atoms with E-state index in [0.717, 1.165) is 19.3 Å². The highest BCUT2D eigenvalue weighted by molar-refractivity contribution is 7.45. The number of nitrogens with zero attached hydrogens (tertiary/aromatic N) is 2. The number of rotatable bonds is 28. The maximum Gasteiger partial charge on any atom is 0.409 e. The first-order chi connectivity index (χ1) is 19.0. The minimum Gasteiger partial charge on any atom is -0.756 e. The van der Waals surface area contributed by atoms with E-state index in [1.165, 1.54) is 108 Å². The van der Waals surface area contributed by atoms with Crippen LogP contribution in [0.4, 0.5) is 4.79 Å². The number of ether oxygens (including phenoxy) is 1. The average Bonchev–Trinajstić information content (AvgIpc) is 2.87. The van der Waals surface area contributed by atoms with Crippen LogP contribution >= 0.6 is 7.82 Å². The molecule has 0 fully saturated rings. The molecule has 0 N–H and O–H groups in total. The van der Waals surface area contributed by atoms with Gasteiger partial charge in [0.05, 0.1) is 34.4 Å². The molecule has 0 aliphatic carbocycles. The number of carbonyl (C=O) groups is 1. The lowest BCUT2D eigenvalue weighted by Crippen LogP contribution is -2.37. The minimum atomic E-state index is -4.39. The van der Waals surface area contributed by atoms with Crippen molar-refractivity contribution in [3.8, 4) is 0 Å². The lowest BCUT2D eigenvalue weighted by atomic mass is 10.0. The lowest BCUT2D eigenvalue weighted by molar-refractivity contribution is -0.870. The third kappa shape index (κ3) is 27.5. The minimum absolute atomic E-state index is 0.0369. The van der Waals surface area contributed by atoms with Gasteiger partial charge in [-0.3, -0.25) is 4.57 Å². The van der Waals surface area contributed by atoms with E-state index in [1.54, 1.807) is 14.1 Å². The molecule has 0 saturated carbocycles. The molecule has 0 aromatic rings. The van der Waals surface area contributed by atoms with Crippen molar-refractivity contribution in [3.63, 3.8) is 0 Å². The fourth-order valence-electron chi connectivity index (χ4n) is 4.53. The Kier molecular flexibility index (Phi) is 24.5. The predicted octanol–water partition coefficient (Wildman–Crippen LogP) is 7.94. The van der Waals surface area contributed by atoms with Gasteiger partial charge in [-0.05, 0) is 6.42 Å². The summed E-state index contributed by atoms with van der Waals surface area (Å²) in [7, 11) is 4.76. The Balaban J connectivity index is 3.96. The van der Waals surface area contributed by atoms with Gasteiger partial charge >= 0.3 is 6.09 Å². The lowest BCUT2D eigenvalue weighted by Gasteiger charge is -2.28. The average molecular weight is 593 g/mol. The van der Waals surface area contributed by atoms with E-state index in [0.29, 0.717) is 11.0 Å². The molecule has 0 radical (unpaired) electrons. The zero-order valence-corrected chi connectivity index (χ0v) is 28.0. The molecule has 0 bridgehead atoms. The Morgan fingerprint density at radius 1 is 0.725 bits per heavy atom. The van der Waals surface area contributed by atoms with E-state index >= 15 is 0 Å². The van der Waals surface area contributed by atoms with Crippen molar-refractivity contribution < 1.29 is 32.5 Å². The molecular formula is C31H65N2O6P. The molecule has 240 valence electrons. The highest BCUT2D eigenvalue weighted by atomic mass is 31.2. The highest BCUT2D eigenvalue weighted by Crippen LogP contribution is 2.39. The summed E-state index contributed by atoms with van der Waals surface area (Å²) in [6.07, 6.45) is 24.1. The van der Waals surface area contributed by atoms with E-state index in [-0.39, 0.29) is 25.7 Å². The molecule has 8 nitrogen and oxygen atoms in total. The summed E-state index contributed by atoms with van der Waals surface area (Å²) in [5.41, 5.74) is 0. The zero-order chi connectivity index (χ0) is 30.1. The van der Waals surface area contributed by atoms with Crippen LogP contribution in [0, 0.1) is 5.92 Å². The smallest absolute Gasteiger partial charge is 0.409 e. The second-order valence-electron chi connectivity index (χ2n) is 12.7. The third-order valence-electron chi connectivity index (χ3n) is 7.25. The number of carbonyl (C=O) groups excluding carboxylic acids is 1. The molecule has 0 heterocycles. The van der Waals surface area contributed by atoms with E-state index in [1.807, 2.05) is 21.1 Å². The Hall–Kier alpha value is -0.660. The van der Waals surface area contributed by atoms with Crippen LogP contribution in [0.15, 0.2) is 0 Å². The van der Waals surface area contributed by atoms with Crippen molar-refractivity contribution >= 4 is 13.9 Å². The molecule has 0 aromatic carbocycles. The van der Waals surface area contributed by atoms with Crippen LogP contribution < -0.4 is 4.89 Å². The monoisotopic (exact) mass is 592 g/mol. The van der Waals surface area contributed by atoms with Crippen LogP contribution in [-0.4, -0.2) is 77.1 Å². The molecular weight excluding hydrogens is 527 g/mol. The number of amides is 1. The first-order valence-corrected chi connectivity index (χ1v) is 17.7. The van der Waals surface area contributed by atoms with Gasteiger partial charge in [0.2, 0.25) is 0 Å². The van der Waals surface area contributed by atoms with Gasteiger partial charge in [0.1, 0.15) is 13.2 Å². The summed E-state index contributed by atoms with van der Waals surface area (Å²) in [5.74, 6) is -0.186. The summed E-state index contributed by atoms with van der Waals surface area (Å²) in [6.45, 7) is 3.00.